The van der Waals surface area contributed by atoms with Crippen molar-refractivity contribution in [3.8, 4) is 0 Å². The number of carbonyl (C=O) groups excluding carboxylic acids is 2. The van der Waals surface area contributed by atoms with Crippen LogP contribution in [-0.4, -0.2) is 24.9 Å². The summed E-state index contributed by atoms with van der Waals surface area (Å²) in [6.45, 7) is 0. The molecule has 0 bridgehead atoms. The van der Waals surface area contributed by atoms with Gasteiger partial charge in [-0.15, -0.1) is 0 Å². The van der Waals surface area contributed by atoms with E-state index in [4.69, 9.17) is 4.55 Å². The van der Waals surface area contributed by atoms with Crippen LogP contribution in [0.1, 0.15) is 20.7 Å². The third-order valence-corrected chi connectivity index (χ3v) is 3.63. The summed E-state index contributed by atoms with van der Waals surface area (Å²) < 4.78 is 62.8. The fourth-order valence-corrected chi connectivity index (χ4v) is 2.50. The van der Waals surface area contributed by atoms with E-state index < -0.39 is 44.2 Å². The van der Waals surface area contributed by atoms with Crippen LogP contribution in [0.5, 0.6) is 0 Å². The SMILES string of the molecule is O=C(OC(=O)c1c(F)ccc(F)c1S(=O)(=O)O)c1ccccc1. The van der Waals surface area contributed by atoms with Gasteiger partial charge in [-0.25, -0.2) is 18.4 Å². The van der Waals surface area contributed by atoms with Crippen LogP contribution in [0.2, 0.25) is 0 Å². The van der Waals surface area contributed by atoms with E-state index in [0.29, 0.717) is 12.1 Å². The molecule has 9 heteroatoms. The molecule has 0 spiro atoms. The third-order valence-electron chi connectivity index (χ3n) is 2.72. The summed E-state index contributed by atoms with van der Waals surface area (Å²) in [5, 5.41) is 0. The molecule has 2 rings (SSSR count). The van der Waals surface area contributed by atoms with Crippen LogP contribution in [0.3, 0.4) is 0 Å². The molecule has 0 saturated carbocycles. The molecule has 6 nitrogen and oxygen atoms in total. The molecule has 0 amide bonds. The Kier molecular flexibility index (Phi) is 4.52. The van der Waals surface area contributed by atoms with Gasteiger partial charge in [-0.3, -0.25) is 4.55 Å². The Labute approximate surface area is 129 Å². The maximum atomic E-state index is 13.7. The summed E-state index contributed by atoms with van der Waals surface area (Å²) >= 11 is 0. The number of hydrogen-bond donors (Lipinski definition) is 1. The molecule has 0 aliphatic carbocycles. The summed E-state index contributed by atoms with van der Waals surface area (Å²) in [7, 11) is -5.26. The minimum atomic E-state index is -5.26. The van der Waals surface area contributed by atoms with Gasteiger partial charge in [0.1, 0.15) is 22.1 Å². The van der Waals surface area contributed by atoms with Gasteiger partial charge in [-0.05, 0) is 24.3 Å². The van der Waals surface area contributed by atoms with Crippen molar-refractivity contribution >= 4 is 22.1 Å². The molecule has 0 fully saturated rings. The first kappa shape index (κ1) is 16.7. The Morgan fingerprint density at radius 1 is 0.913 bits per heavy atom. The highest BCUT2D eigenvalue weighted by molar-refractivity contribution is 7.86. The minimum absolute atomic E-state index is 0.0638. The van der Waals surface area contributed by atoms with Crippen LogP contribution < -0.4 is 0 Å². The third kappa shape index (κ3) is 3.58. The second kappa shape index (κ2) is 6.23. The van der Waals surface area contributed by atoms with Gasteiger partial charge in [0, 0.05) is 0 Å². The van der Waals surface area contributed by atoms with Crippen LogP contribution >= 0.6 is 0 Å². The maximum Gasteiger partial charge on any atom is 0.350 e. The number of halogens is 2. The van der Waals surface area contributed by atoms with Gasteiger partial charge in [0.2, 0.25) is 0 Å². The Bertz CT molecular complexity index is 878. The molecule has 0 saturated heterocycles. The predicted octanol–water partition coefficient (Wildman–Crippen LogP) is 2.21. The second-order valence-electron chi connectivity index (χ2n) is 4.25. The highest BCUT2D eigenvalue weighted by Crippen LogP contribution is 2.23. The van der Waals surface area contributed by atoms with E-state index in [0.717, 1.165) is 0 Å². The van der Waals surface area contributed by atoms with Crippen molar-refractivity contribution in [1.29, 1.82) is 0 Å². The molecular weight excluding hydrogens is 334 g/mol. The highest BCUT2D eigenvalue weighted by Gasteiger charge is 2.31. The van der Waals surface area contributed by atoms with Gasteiger partial charge in [0.25, 0.3) is 10.1 Å². The van der Waals surface area contributed by atoms with E-state index in [2.05, 4.69) is 4.74 Å². The van der Waals surface area contributed by atoms with Crippen molar-refractivity contribution < 1.29 is 36.1 Å². The van der Waals surface area contributed by atoms with E-state index >= 15 is 0 Å². The zero-order valence-corrected chi connectivity index (χ0v) is 12.0. The molecule has 2 aromatic rings. The molecule has 2 aromatic carbocycles. The maximum absolute atomic E-state index is 13.7. The molecule has 23 heavy (non-hydrogen) atoms. The van der Waals surface area contributed by atoms with Crippen molar-refractivity contribution in [2.45, 2.75) is 4.90 Å². The van der Waals surface area contributed by atoms with Crippen molar-refractivity contribution in [2.75, 3.05) is 0 Å². The monoisotopic (exact) mass is 342 g/mol. The van der Waals surface area contributed by atoms with E-state index in [9.17, 15) is 26.8 Å². The molecule has 0 aliphatic heterocycles. The number of rotatable bonds is 3. The summed E-state index contributed by atoms with van der Waals surface area (Å²) in [6.07, 6.45) is 0. The van der Waals surface area contributed by atoms with Gasteiger partial charge in [0.15, 0.2) is 0 Å². The molecule has 0 aromatic heterocycles. The summed E-state index contributed by atoms with van der Waals surface area (Å²) in [4.78, 5) is 22.0. The van der Waals surface area contributed by atoms with E-state index in [1.165, 1.54) is 24.3 Å². The van der Waals surface area contributed by atoms with Crippen LogP contribution in [-0.2, 0) is 14.9 Å². The molecule has 1 N–H and O–H groups in total. The number of hydrogen-bond acceptors (Lipinski definition) is 5. The zero-order valence-electron chi connectivity index (χ0n) is 11.2. The molecule has 0 atom stereocenters. The average molecular weight is 342 g/mol. The number of carbonyl (C=O) groups is 2. The molecule has 0 heterocycles. The summed E-state index contributed by atoms with van der Waals surface area (Å²) in [6, 6.07) is 7.98. The zero-order chi connectivity index (χ0) is 17.2. The smallest absolute Gasteiger partial charge is 0.350 e. The van der Waals surface area contributed by atoms with Crippen LogP contribution in [0, 0.1) is 11.6 Å². The minimum Gasteiger partial charge on any atom is -0.386 e. The van der Waals surface area contributed by atoms with Gasteiger partial charge >= 0.3 is 11.9 Å². The van der Waals surface area contributed by atoms with E-state index in [1.54, 1.807) is 6.07 Å². The first-order valence-corrected chi connectivity index (χ1v) is 7.43. The van der Waals surface area contributed by atoms with Gasteiger partial charge in [-0.1, -0.05) is 18.2 Å². The lowest BCUT2D eigenvalue weighted by atomic mass is 10.2. The Morgan fingerprint density at radius 2 is 1.48 bits per heavy atom. The van der Waals surface area contributed by atoms with Crippen molar-refractivity contribution in [3.05, 3.63) is 65.2 Å². The fraction of sp³-hybridized carbons (Fsp3) is 0. The Balaban J connectivity index is 2.45. The molecule has 120 valence electrons. The highest BCUT2D eigenvalue weighted by atomic mass is 32.2. The first-order valence-electron chi connectivity index (χ1n) is 5.99. The Morgan fingerprint density at radius 3 is 2.04 bits per heavy atom. The summed E-state index contributed by atoms with van der Waals surface area (Å²) in [5.74, 6) is -5.97. The molecule has 0 radical (unpaired) electrons. The predicted molar refractivity (Wildman–Crippen MR) is 72.4 cm³/mol. The number of benzene rings is 2. The van der Waals surface area contributed by atoms with Crippen molar-refractivity contribution in [2.24, 2.45) is 0 Å². The van der Waals surface area contributed by atoms with Crippen LogP contribution in [0.4, 0.5) is 8.78 Å². The van der Waals surface area contributed by atoms with Crippen molar-refractivity contribution in [3.63, 3.8) is 0 Å². The normalized spacial score (nSPS) is 11.1. The first-order chi connectivity index (χ1) is 10.7. The topological polar surface area (TPSA) is 97.7 Å². The molecule has 0 unspecified atom stereocenters. The van der Waals surface area contributed by atoms with E-state index in [1.807, 2.05) is 0 Å². The number of ether oxygens (including phenoxy) is 1. The van der Waals surface area contributed by atoms with Gasteiger partial charge in [-0.2, -0.15) is 8.42 Å². The van der Waals surface area contributed by atoms with E-state index in [-0.39, 0.29) is 5.56 Å². The lowest BCUT2D eigenvalue weighted by Gasteiger charge is -2.08. The average Bonchev–Trinajstić information content (AvgIpc) is 2.48. The lowest BCUT2D eigenvalue weighted by Crippen LogP contribution is -2.19. The van der Waals surface area contributed by atoms with Crippen LogP contribution in [0.15, 0.2) is 47.4 Å². The molecular formula is C14H8F2O6S. The quantitative estimate of drug-likeness (QED) is 0.522. The van der Waals surface area contributed by atoms with Crippen LogP contribution in [0.25, 0.3) is 0 Å². The van der Waals surface area contributed by atoms with Crippen molar-refractivity contribution in [1.82, 2.24) is 0 Å². The molecule has 0 aliphatic rings. The summed E-state index contributed by atoms with van der Waals surface area (Å²) in [5.41, 5.74) is -1.46. The fourth-order valence-electron chi connectivity index (χ4n) is 1.74. The second-order valence-corrected chi connectivity index (χ2v) is 5.61. The standard InChI is InChI=1S/C14H8F2O6S/c15-9-6-7-10(16)12(23(19,20)21)11(9)14(18)22-13(17)8-4-2-1-3-5-8/h1-7H,(H,19,20,21). The van der Waals surface area contributed by atoms with Gasteiger partial charge < -0.3 is 4.74 Å². The van der Waals surface area contributed by atoms with Gasteiger partial charge in [0.05, 0.1) is 5.56 Å². The Hall–Kier alpha value is -2.65. The lowest BCUT2D eigenvalue weighted by molar-refractivity contribution is 0.0390. The number of esters is 2. The largest absolute Gasteiger partial charge is 0.386 e.